The van der Waals surface area contributed by atoms with Crippen LogP contribution in [0.2, 0.25) is 5.02 Å². The third-order valence-electron chi connectivity index (χ3n) is 5.42. The molecule has 0 aliphatic heterocycles. The van der Waals surface area contributed by atoms with E-state index in [1.807, 2.05) is 48.5 Å². The number of fused-ring (bicyclic) bond motifs is 1. The fourth-order valence-corrected chi connectivity index (χ4v) is 3.79. The lowest BCUT2D eigenvalue weighted by atomic mass is 10.1. The van der Waals surface area contributed by atoms with Crippen LogP contribution in [0.5, 0.6) is 11.5 Å². The van der Waals surface area contributed by atoms with E-state index in [9.17, 15) is 14.4 Å². The molecule has 4 aromatic rings. The number of anilines is 2. The first kappa shape index (κ1) is 25.7. The molecule has 0 bridgehead atoms. The van der Waals surface area contributed by atoms with E-state index >= 15 is 0 Å². The molecule has 0 atom stereocenters. The van der Waals surface area contributed by atoms with Gasteiger partial charge in [0.05, 0.1) is 5.02 Å². The van der Waals surface area contributed by atoms with Gasteiger partial charge in [-0.25, -0.2) is 0 Å². The second kappa shape index (κ2) is 12.6. The number of benzene rings is 4. The van der Waals surface area contributed by atoms with Crippen LogP contribution in [0.3, 0.4) is 0 Å². The Morgan fingerprint density at radius 1 is 0.730 bits per heavy atom. The zero-order valence-corrected chi connectivity index (χ0v) is 20.7. The summed E-state index contributed by atoms with van der Waals surface area (Å²) in [7, 11) is 0. The summed E-state index contributed by atoms with van der Waals surface area (Å²) in [5.74, 6) is -0.0789. The Morgan fingerprint density at radius 2 is 1.46 bits per heavy atom. The van der Waals surface area contributed by atoms with Crippen molar-refractivity contribution in [2.24, 2.45) is 0 Å². The van der Waals surface area contributed by atoms with E-state index in [0.717, 1.165) is 10.8 Å². The monoisotopic (exact) mass is 516 g/mol. The lowest BCUT2D eigenvalue weighted by Crippen LogP contribution is -2.21. The van der Waals surface area contributed by atoms with Crippen molar-refractivity contribution in [1.29, 1.82) is 0 Å². The molecule has 37 heavy (non-hydrogen) atoms. The van der Waals surface area contributed by atoms with Crippen molar-refractivity contribution in [3.8, 4) is 11.5 Å². The molecule has 4 rings (SSSR count). The molecule has 188 valence electrons. The summed E-state index contributed by atoms with van der Waals surface area (Å²) in [6.07, 6.45) is 0.456. The van der Waals surface area contributed by atoms with Crippen molar-refractivity contribution in [3.05, 3.63) is 96.0 Å². The van der Waals surface area contributed by atoms with Crippen LogP contribution in [0.15, 0.2) is 91.0 Å². The van der Waals surface area contributed by atoms with E-state index in [4.69, 9.17) is 21.1 Å². The van der Waals surface area contributed by atoms with Crippen molar-refractivity contribution >= 4 is 51.5 Å². The fraction of sp³-hybridized carbons (Fsp3) is 0.138. The molecule has 0 fully saturated rings. The van der Waals surface area contributed by atoms with Crippen molar-refractivity contribution in [2.75, 3.05) is 17.2 Å². The highest BCUT2D eigenvalue weighted by Gasteiger charge is 2.11. The van der Waals surface area contributed by atoms with E-state index < -0.39 is 18.5 Å². The number of para-hydroxylation sites is 1. The van der Waals surface area contributed by atoms with Gasteiger partial charge >= 0.3 is 5.97 Å². The van der Waals surface area contributed by atoms with Gasteiger partial charge in [0.15, 0.2) is 6.61 Å². The van der Waals surface area contributed by atoms with Crippen LogP contribution in [0.4, 0.5) is 11.4 Å². The van der Waals surface area contributed by atoms with Crippen molar-refractivity contribution < 1.29 is 23.9 Å². The molecule has 0 aromatic heterocycles. The number of rotatable bonds is 10. The molecule has 0 heterocycles. The van der Waals surface area contributed by atoms with Gasteiger partial charge in [0.25, 0.3) is 5.91 Å². The van der Waals surface area contributed by atoms with Gasteiger partial charge in [-0.05, 0) is 54.3 Å². The highest BCUT2D eigenvalue weighted by atomic mass is 35.5. The zero-order chi connectivity index (χ0) is 26.0. The third kappa shape index (κ3) is 7.56. The summed E-state index contributed by atoms with van der Waals surface area (Å²) in [5.41, 5.74) is 1.25. The van der Waals surface area contributed by atoms with Crippen LogP contribution in [0, 0.1) is 0 Å². The summed E-state index contributed by atoms with van der Waals surface area (Å²) in [6, 6.07) is 27.3. The van der Waals surface area contributed by atoms with E-state index in [1.165, 1.54) is 0 Å². The maximum absolute atomic E-state index is 12.2. The van der Waals surface area contributed by atoms with Gasteiger partial charge in [-0.1, -0.05) is 60.1 Å². The number of hydrogen-bond donors (Lipinski definition) is 2. The first-order chi connectivity index (χ1) is 18.0. The molecule has 7 nitrogen and oxygen atoms in total. The molecular weight excluding hydrogens is 492 g/mol. The van der Waals surface area contributed by atoms with Gasteiger partial charge in [0.2, 0.25) is 5.91 Å². The molecule has 0 aliphatic carbocycles. The Bertz CT molecular complexity index is 1400. The average Bonchev–Trinajstić information content (AvgIpc) is 2.90. The molecule has 0 unspecified atom stereocenters. The lowest BCUT2D eigenvalue weighted by Gasteiger charge is -2.10. The Balaban J connectivity index is 1.15. The Labute approximate surface area is 219 Å². The predicted octanol–water partition coefficient (Wildman–Crippen LogP) is 6.58. The second-order valence-corrected chi connectivity index (χ2v) is 8.60. The molecule has 0 aliphatic rings. The first-order valence-electron chi connectivity index (χ1n) is 11.7. The molecule has 0 spiro atoms. The molecule has 2 amide bonds. The van der Waals surface area contributed by atoms with E-state index in [0.29, 0.717) is 34.3 Å². The van der Waals surface area contributed by atoms with Gasteiger partial charge in [-0.2, -0.15) is 0 Å². The van der Waals surface area contributed by atoms with Gasteiger partial charge in [-0.15, -0.1) is 0 Å². The normalized spacial score (nSPS) is 10.5. The van der Waals surface area contributed by atoms with Crippen molar-refractivity contribution in [1.82, 2.24) is 0 Å². The number of esters is 1. The summed E-state index contributed by atoms with van der Waals surface area (Å²) in [4.78, 5) is 36.4. The zero-order valence-electron chi connectivity index (χ0n) is 19.9. The fourth-order valence-electron chi connectivity index (χ4n) is 3.62. The Morgan fingerprint density at radius 3 is 2.27 bits per heavy atom. The van der Waals surface area contributed by atoms with Crippen molar-refractivity contribution in [2.45, 2.75) is 19.3 Å². The predicted molar refractivity (Wildman–Crippen MR) is 144 cm³/mol. The maximum Gasteiger partial charge on any atom is 0.306 e. The van der Waals surface area contributed by atoms with E-state index in [-0.39, 0.29) is 18.7 Å². The minimum absolute atomic E-state index is 0.0274. The molecule has 0 saturated heterocycles. The summed E-state index contributed by atoms with van der Waals surface area (Å²) >= 11 is 6.10. The minimum Gasteiger partial charge on any atom is -0.456 e. The Hall–Kier alpha value is -4.36. The number of carbonyl (C=O) groups is 3. The average molecular weight is 517 g/mol. The molecule has 0 saturated carbocycles. The highest BCUT2D eigenvalue weighted by Crippen LogP contribution is 2.29. The van der Waals surface area contributed by atoms with Gasteiger partial charge < -0.3 is 20.1 Å². The van der Waals surface area contributed by atoms with Crippen LogP contribution < -0.4 is 15.4 Å². The van der Waals surface area contributed by atoms with Crippen LogP contribution in [0.1, 0.15) is 19.3 Å². The molecule has 8 heteroatoms. The van der Waals surface area contributed by atoms with Crippen LogP contribution in [-0.2, 0) is 19.1 Å². The Kier molecular flexibility index (Phi) is 8.73. The summed E-state index contributed by atoms with van der Waals surface area (Å²) in [6.45, 7) is -0.392. The molecule has 2 N–H and O–H groups in total. The minimum atomic E-state index is -0.540. The number of amides is 2. The van der Waals surface area contributed by atoms with E-state index in [2.05, 4.69) is 10.6 Å². The second-order valence-electron chi connectivity index (χ2n) is 8.19. The highest BCUT2D eigenvalue weighted by molar-refractivity contribution is 6.32. The topological polar surface area (TPSA) is 93.7 Å². The van der Waals surface area contributed by atoms with Crippen LogP contribution in [0.25, 0.3) is 10.8 Å². The number of nitrogens with one attached hydrogen (secondary N) is 2. The summed E-state index contributed by atoms with van der Waals surface area (Å²) < 4.78 is 10.8. The van der Waals surface area contributed by atoms with E-state index in [1.54, 1.807) is 42.5 Å². The SMILES string of the molecule is O=C(CCCC(=O)OCC(=O)Nc1cccc2ccccc12)Nc1ccc(Oc2ccccc2Cl)cc1. The number of carbonyl (C=O) groups excluding carboxylic acids is 3. The maximum atomic E-state index is 12.2. The van der Waals surface area contributed by atoms with Gasteiger partial charge in [0, 0.05) is 29.6 Å². The van der Waals surface area contributed by atoms with Crippen LogP contribution in [-0.4, -0.2) is 24.4 Å². The first-order valence-corrected chi connectivity index (χ1v) is 12.1. The third-order valence-corrected chi connectivity index (χ3v) is 5.73. The number of halogens is 1. The summed E-state index contributed by atoms with van der Waals surface area (Å²) in [5, 5.41) is 7.94. The standard InChI is InChI=1S/C29H25ClN2O5/c30-24-10-3-4-12-26(24)37-22-17-15-21(16-18-22)31-27(33)13-6-14-29(35)36-19-28(34)32-25-11-5-8-20-7-1-2-9-23(20)25/h1-5,7-12,15-18H,6,13-14,19H2,(H,31,33)(H,32,34). The quantitative estimate of drug-likeness (QED) is 0.232. The van der Waals surface area contributed by atoms with Gasteiger partial charge in [-0.3, -0.25) is 14.4 Å². The van der Waals surface area contributed by atoms with Crippen LogP contribution >= 0.6 is 11.6 Å². The smallest absolute Gasteiger partial charge is 0.306 e. The largest absolute Gasteiger partial charge is 0.456 e. The van der Waals surface area contributed by atoms with Gasteiger partial charge in [0.1, 0.15) is 11.5 Å². The number of ether oxygens (including phenoxy) is 2. The number of hydrogen-bond acceptors (Lipinski definition) is 5. The molecular formula is C29H25ClN2O5. The molecule has 4 aromatic carbocycles. The van der Waals surface area contributed by atoms with Crippen molar-refractivity contribution in [3.63, 3.8) is 0 Å². The lowest BCUT2D eigenvalue weighted by molar-refractivity contribution is -0.147. The molecule has 0 radical (unpaired) electrons.